The number of fused-ring (bicyclic) bond motifs is 1. The number of thiophene rings is 1. The Balaban J connectivity index is 1.60. The van der Waals surface area contributed by atoms with Gasteiger partial charge in [0.25, 0.3) is 5.91 Å². The van der Waals surface area contributed by atoms with Gasteiger partial charge >= 0.3 is 0 Å². The van der Waals surface area contributed by atoms with Gasteiger partial charge in [0.1, 0.15) is 0 Å². The molecular formula is C16H17NO3S. The van der Waals surface area contributed by atoms with E-state index in [2.05, 4.69) is 12.2 Å². The molecule has 0 saturated carbocycles. The van der Waals surface area contributed by atoms with Crippen LogP contribution in [0.4, 0.5) is 0 Å². The molecule has 1 aromatic heterocycles. The second kappa shape index (κ2) is 6.18. The molecule has 0 atom stereocenters. The Morgan fingerprint density at radius 2 is 2.14 bits per heavy atom. The van der Waals surface area contributed by atoms with Crippen molar-refractivity contribution >= 4 is 17.2 Å². The average molecular weight is 303 g/mol. The van der Waals surface area contributed by atoms with E-state index in [1.807, 2.05) is 29.6 Å². The Morgan fingerprint density at radius 3 is 3.00 bits per heavy atom. The zero-order valence-corrected chi connectivity index (χ0v) is 12.7. The number of ether oxygens (including phenoxy) is 2. The molecule has 2 aromatic rings. The van der Waals surface area contributed by atoms with Gasteiger partial charge in [0.15, 0.2) is 11.5 Å². The highest BCUT2D eigenvalue weighted by atomic mass is 32.1. The van der Waals surface area contributed by atoms with Crippen LogP contribution in [-0.2, 0) is 13.0 Å². The zero-order chi connectivity index (χ0) is 14.7. The lowest BCUT2D eigenvalue weighted by Crippen LogP contribution is -2.22. The Hall–Kier alpha value is -2.01. The minimum absolute atomic E-state index is 0.0359. The van der Waals surface area contributed by atoms with Crippen molar-refractivity contribution in [2.24, 2.45) is 0 Å². The summed E-state index contributed by atoms with van der Waals surface area (Å²) in [5, 5.41) is 4.85. The van der Waals surface area contributed by atoms with Gasteiger partial charge in [-0.15, -0.1) is 11.3 Å². The number of amides is 1. The summed E-state index contributed by atoms with van der Waals surface area (Å²) in [5.41, 5.74) is 1.74. The first-order valence-electron chi connectivity index (χ1n) is 7.00. The van der Waals surface area contributed by atoms with Gasteiger partial charge in [0.2, 0.25) is 6.79 Å². The van der Waals surface area contributed by atoms with Gasteiger partial charge in [-0.05, 0) is 30.2 Å². The first-order chi connectivity index (χ1) is 10.3. The Labute approximate surface area is 127 Å². The highest BCUT2D eigenvalue weighted by molar-refractivity contribution is 7.10. The smallest absolute Gasteiger partial charge is 0.252 e. The second-order valence-electron chi connectivity index (χ2n) is 4.92. The fraction of sp³-hybridized carbons (Fsp3) is 0.312. The summed E-state index contributed by atoms with van der Waals surface area (Å²) < 4.78 is 10.6. The quantitative estimate of drug-likeness (QED) is 0.921. The van der Waals surface area contributed by atoms with Gasteiger partial charge in [-0.2, -0.15) is 0 Å². The van der Waals surface area contributed by atoms with E-state index in [4.69, 9.17) is 9.47 Å². The number of hydrogen-bond acceptors (Lipinski definition) is 4. The number of nitrogens with one attached hydrogen (secondary N) is 1. The lowest BCUT2D eigenvalue weighted by atomic mass is 10.2. The first kappa shape index (κ1) is 13.9. The van der Waals surface area contributed by atoms with Crippen LogP contribution in [0, 0.1) is 0 Å². The first-order valence-corrected chi connectivity index (χ1v) is 7.88. The molecule has 0 aliphatic carbocycles. The molecule has 1 N–H and O–H groups in total. The Morgan fingerprint density at radius 1 is 1.29 bits per heavy atom. The zero-order valence-electron chi connectivity index (χ0n) is 11.8. The average Bonchev–Trinajstić information content (AvgIpc) is 3.13. The molecule has 1 amide bonds. The number of hydrogen-bond donors (Lipinski definition) is 1. The van der Waals surface area contributed by atoms with E-state index < -0.39 is 0 Å². The van der Waals surface area contributed by atoms with Gasteiger partial charge in [-0.1, -0.05) is 19.4 Å². The third-order valence-corrected chi connectivity index (χ3v) is 4.30. The van der Waals surface area contributed by atoms with Crippen molar-refractivity contribution in [2.75, 3.05) is 6.79 Å². The SMILES string of the molecule is CCCc1cc(C(=O)NCc2ccc3c(c2)OCO3)cs1. The molecular weight excluding hydrogens is 286 g/mol. The van der Waals surface area contributed by atoms with Crippen LogP contribution in [0.25, 0.3) is 0 Å². The molecule has 4 nitrogen and oxygen atoms in total. The van der Waals surface area contributed by atoms with E-state index in [9.17, 15) is 4.79 Å². The Bertz CT molecular complexity index is 651. The summed E-state index contributed by atoms with van der Waals surface area (Å²) in [4.78, 5) is 13.4. The number of benzene rings is 1. The fourth-order valence-corrected chi connectivity index (χ4v) is 3.18. The van der Waals surface area contributed by atoms with Crippen LogP contribution < -0.4 is 14.8 Å². The van der Waals surface area contributed by atoms with E-state index in [0.717, 1.165) is 35.5 Å². The Kier molecular flexibility index (Phi) is 4.10. The summed E-state index contributed by atoms with van der Waals surface area (Å²) in [6.07, 6.45) is 2.12. The van der Waals surface area contributed by atoms with Gasteiger partial charge in [-0.25, -0.2) is 0 Å². The van der Waals surface area contributed by atoms with Crippen molar-refractivity contribution < 1.29 is 14.3 Å². The number of aryl methyl sites for hydroxylation is 1. The molecule has 0 bridgehead atoms. The molecule has 110 valence electrons. The maximum atomic E-state index is 12.1. The third-order valence-electron chi connectivity index (χ3n) is 3.30. The van der Waals surface area contributed by atoms with Crippen LogP contribution in [0.15, 0.2) is 29.6 Å². The van der Waals surface area contributed by atoms with Gasteiger partial charge in [0.05, 0.1) is 5.56 Å². The number of rotatable bonds is 5. The van der Waals surface area contributed by atoms with Crippen LogP contribution >= 0.6 is 11.3 Å². The molecule has 0 unspecified atom stereocenters. The fourth-order valence-electron chi connectivity index (χ4n) is 2.21. The van der Waals surface area contributed by atoms with E-state index >= 15 is 0 Å². The maximum Gasteiger partial charge on any atom is 0.252 e. The summed E-state index contributed by atoms with van der Waals surface area (Å²) in [6.45, 7) is 2.88. The van der Waals surface area contributed by atoms with Crippen LogP contribution in [0.5, 0.6) is 11.5 Å². The predicted octanol–water partition coefficient (Wildman–Crippen LogP) is 3.36. The number of carbonyl (C=O) groups excluding carboxylic acids is 1. The third kappa shape index (κ3) is 3.19. The van der Waals surface area contributed by atoms with Crippen LogP contribution in [-0.4, -0.2) is 12.7 Å². The highest BCUT2D eigenvalue weighted by Crippen LogP contribution is 2.32. The summed E-state index contributed by atoms with van der Waals surface area (Å²) in [6, 6.07) is 7.68. The van der Waals surface area contributed by atoms with Gasteiger partial charge in [-0.3, -0.25) is 4.79 Å². The van der Waals surface area contributed by atoms with Crippen LogP contribution in [0.1, 0.15) is 34.1 Å². The molecule has 3 rings (SSSR count). The lowest BCUT2D eigenvalue weighted by molar-refractivity contribution is 0.0951. The molecule has 0 radical (unpaired) electrons. The minimum atomic E-state index is -0.0359. The minimum Gasteiger partial charge on any atom is -0.454 e. The largest absolute Gasteiger partial charge is 0.454 e. The summed E-state index contributed by atoms with van der Waals surface area (Å²) >= 11 is 1.64. The number of carbonyl (C=O) groups is 1. The van der Waals surface area contributed by atoms with E-state index in [1.165, 1.54) is 4.88 Å². The van der Waals surface area contributed by atoms with Crippen molar-refractivity contribution in [3.8, 4) is 11.5 Å². The monoisotopic (exact) mass is 303 g/mol. The van der Waals surface area contributed by atoms with Crippen molar-refractivity contribution in [3.63, 3.8) is 0 Å². The molecule has 2 heterocycles. The molecule has 21 heavy (non-hydrogen) atoms. The van der Waals surface area contributed by atoms with E-state index in [0.29, 0.717) is 6.54 Å². The molecule has 5 heteroatoms. The van der Waals surface area contributed by atoms with E-state index in [-0.39, 0.29) is 12.7 Å². The van der Waals surface area contributed by atoms with Crippen LogP contribution in [0.2, 0.25) is 0 Å². The molecule has 1 aliphatic rings. The predicted molar refractivity (Wildman–Crippen MR) is 82.0 cm³/mol. The van der Waals surface area contributed by atoms with Crippen molar-refractivity contribution in [2.45, 2.75) is 26.3 Å². The molecule has 1 aliphatic heterocycles. The van der Waals surface area contributed by atoms with Gasteiger partial charge < -0.3 is 14.8 Å². The molecule has 1 aromatic carbocycles. The molecule has 0 saturated heterocycles. The van der Waals surface area contributed by atoms with Crippen molar-refractivity contribution in [1.82, 2.24) is 5.32 Å². The van der Waals surface area contributed by atoms with Crippen LogP contribution in [0.3, 0.4) is 0 Å². The lowest BCUT2D eigenvalue weighted by Gasteiger charge is -2.05. The van der Waals surface area contributed by atoms with Gasteiger partial charge in [0, 0.05) is 16.8 Å². The summed E-state index contributed by atoms with van der Waals surface area (Å²) in [7, 11) is 0. The molecule has 0 fully saturated rings. The van der Waals surface area contributed by atoms with Crippen molar-refractivity contribution in [3.05, 3.63) is 45.6 Å². The standard InChI is InChI=1S/C16H17NO3S/c1-2-3-13-7-12(9-21-13)16(18)17-8-11-4-5-14-15(6-11)20-10-19-14/h4-7,9H,2-3,8,10H2,1H3,(H,17,18). The summed E-state index contributed by atoms with van der Waals surface area (Å²) in [5.74, 6) is 1.46. The normalized spacial score (nSPS) is 12.4. The van der Waals surface area contributed by atoms with E-state index in [1.54, 1.807) is 11.3 Å². The highest BCUT2D eigenvalue weighted by Gasteiger charge is 2.14. The second-order valence-corrected chi connectivity index (χ2v) is 5.92. The van der Waals surface area contributed by atoms with Crippen molar-refractivity contribution in [1.29, 1.82) is 0 Å². The maximum absolute atomic E-state index is 12.1. The topological polar surface area (TPSA) is 47.6 Å². The molecule has 0 spiro atoms.